The van der Waals surface area contributed by atoms with Gasteiger partial charge in [0, 0.05) is 17.0 Å². The Balaban J connectivity index is 2.11. The highest BCUT2D eigenvalue weighted by molar-refractivity contribution is 7.13. The van der Waals surface area contributed by atoms with Gasteiger partial charge in [0.1, 0.15) is 0 Å². The van der Waals surface area contributed by atoms with E-state index in [1.54, 1.807) is 11.3 Å². The second kappa shape index (κ2) is 8.19. The monoisotopic (exact) mass is 383 g/mol. The van der Waals surface area contributed by atoms with Gasteiger partial charge in [0.15, 0.2) is 0 Å². The van der Waals surface area contributed by atoms with Crippen LogP contribution < -0.4 is 4.80 Å². The molecule has 0 aliphatic heterocycles. The first kappa shape index (κ1) is 18.1. The molecule has 1 heterocycles. The average molecular weight is 384 g/mol. The van der Waals surface area contributed by atoms with Gasteiger partial charge in [0.25, 0.3) is 0 Å². The van der Waals surface area contributed by atoms with Crippen molar-refractivity contribution < 1.29 is 0 Å². The number of aromatic nitrogens is 1. The summed E-state index contributed by atoms with van der Waals surface area (Å²) < 4.78 is 2.20. The standard InChI is InChI=1S/C24H21N3S/c1-18(2)25-26-24-27(21-16-10-5-11-17-21)22(19-12-6-3-7-13-19)23(28-24)20-14-8-4-9-15-20/h3-17H,1-2H3/b26-24-. The highest BCUT2D eigenvalue weighted by Gasteiger charge is 2.18. The van der Waals surface area contributed by atoms with Gasteiger partial charge in [-0.3, -0.25) is 4.57 Å². The lowest BCUT2D eigenvalue weighted by Crippen LogP contribution is -2.13. The minimum Gasteiger partial charge on any atom is -0.283 e. The molecule has 0 N–H and O–H groups in total. The fourth-order valence-electron chi connectivity index (χ4n) is 3.05. The molecule has 0 bridgehead atoms. The number of rotatable bonds is 4. The zero-order valence-corrected chi connectivity index (χ0v) is 16.7. The molecule has 0 aliphatic carbocycles. The maximum absolute atomic E-state index is 4.58. The molecule has 4 heteroatoms. The van der Waals surface area contributed by atoms with Crippen molar-refractivity contribution in [3.05, 3.63) is 95.8 Å². The summed E-state index contributed by atoms with van der Waals surface area (Å²) in [6.07, 6.45) is 0. The van der Waals surface area contributed by atoms with Crippen molar-refractivity contribution in [2.24, 2.45) is 10.2 Å². The summed E-state index contributed by atoms with van der Waals surface area (Å²) in [5.74, 6) is 0. The number of benzene rings is 3. The van der Waals surface area contributed by atoms with E-state index in [1.165, 1.54) is 10.4 Å². The van der Waals surface area contributed by atoms with Gasteiger partial charge in [0.2, 0.25) is 4.80 Å². The number of nitrogens with zero attached hydrogens (tertiary/aromatic N) is 3. The molecule has 0 saturated carbocycles. The van der Waals surface area contributed by atoms with Crippen LogP contribution in [0.4, 0.5) is 0 Å². The second-order valence-corrected chi connectivity index (χ2v) is 7.59. The molecule has 0 radical (unpaired) electrons. The Morgan fingerprint density at radius 2 is 1.25 bits per heavy atom. The summed E-state index contributed by atoms with van der Waals surface area (Å²) in [6.45, 7) is 3.92. The molecular formula is C24H21N3S. The second-order valence-electron chi connectivity index (χ2n) is 6.61. The number of para-hydroxylation sites is 1. The average Bonchev–Trinajstić information content (AvgIpc) is 3.14. The molecule has 4 aromatic rings. The number of hydrogen-bond acceptors (Lipinski definition) is 3. The first-order chi connectivity index (χ1) is 13.7. The predicted octanol–water partition coefficient (Wildman–Crippen LogP) is 6.17. The zero-order valence-electron chi connectivity index (χ0n) is 15.9. The third-order valence-corrected chi connectivity index (χ3v) is 5.34. The molecule has 138 valence electrons. The van der Waals surface area contributed by atoms with Crippen LogP contribution in [-0.2, 0) is 0 Å². The molecule has 0 atom stereocenters. The maximum Gasteiger partial charge on any atom is 0.216 e. The van der Waals surface area contributed by atoms with Crippen LogP contribution in [0.1, 0.15) is 13.8 Å². The first-order valence-corrected chi connectivity index (χ1v) is 10.0. The van der Waals surface area contributed by atoms with E-state index in [0.29, 0.717) is 0 Å². The van der Waals surface area contributed by atoms with Crippen LogP contribution in [-0.4, -0.2) is 10.3 Å². The summed E-state index contributed by atoms with van der Waals surface area (Å²) in [7, 11) is 0. The van der Waals surface area contributed by atoms with E-state index >= 15 is 0 Å². The third kappa shape index (κ3) is 3.73. The first-order valence-electron chi connectivity index (χ1n) is 9.21. The third-order valence-electron chi connectivity index (χ3n) is 4.26. The molecule has 0 fully saturated rings. The van der Waals surface area contributed by atoms with E-state index < -0.39 is 0 Å². The van der Waals surface area contributed by atoms with Gasteiger partial charge in [0.05, 0.1) is 10.6 Å². The molecule has 28 heavy (non-hydrogen) atoms. The smallest absolute Gasteiger partial charge is 0.216 e. The quantitative estimate of drug-likeness (QED) is 0.298. The van der Waals surface area contributed by atoms with Crippen molar-refractivity contribution in [1.82, 2.24) is 4.57 Å². The minimum atomic E-state index is 0.852. The highest BCUT2D eigenvalue weighted by Crippen LogP contribution is 2.36. The largest absolute Gasteiger partial charge is 0.283 e. The van der Waals surface area contributed by atoms with Crippen LogP contribution in [0.2, 0.25) is 0 Å². The summed E-state index contributed by atoms with van der Waals surface area (Å²) in [6, 6.07) is 31.3. The Morgan fingerprint density at radius 3 is 1.82 bits per heavy atom. The predicted molar refractivity (Wildman–Crippen MR) is 119 cm³/mol. The van der Waals surface area contributed by atoms with Crippen molar-refractivity contribution in [2.45, 2.75) is 13.8 Å². The lowest BCUT2D eigenvalue weighted by Gasteiger charge is -2.11. The van der Waals surface area contributed by atoms with Gasteiger partial charge in [-0.05, 0) is 31.5 Å². The zero-order chi connectivity index (χ0) is 19.3. The van der Waals surface area contributed by atoms with Crippen molar-refractivity contribution in [1.29, 1.82) is 0 Å². The molecule has 4 rings (SSSR count). The molecule has 1 aromatic heterocycles. The van der Waals surface area contributed by atoms with E-state index in [2.05, 4.69) is 87.6 Å². The van der Waals surface area contributed by atoms with E-state index in [1.807, 2.05) is 32.0 Å². The van der Waals surface area contributed by atoms with Crippen LogP contribution in [0.5, 0.6) is 0 Å². The molecule has 3 aromatic carbocycles. The normalized spacial score (nSPS) is 11.4. The lowest BCUT2D eigenvalue weighted by molar-refractivity contribution is 0.970. The van der Waals surface area contributed by atoms with Gasteiger partial charge < -0.3 is 0 Å². The Hall–Kier alpha value is -3.24. The molecule has 0 spiro atoms. The van der Waals surface area contributed by atoms with Crippen molar-refractivity contribution in [2.75, 3.05) is 0 Å². The van der Waals surface area contributed by atoms with Crippen LogP contribution in [0, 0.1) is 0 Å². The van der Waals surface area contributed by atoms with Crippen LogP contribution in [0.3, 0.4) is 0 Å². The molecule has 0 unspecified atom stereocenters. The highest BCUT2D eigenvalue weighted by atomic mass is 32.1. The fraction of sp³-hybridized carbons (Fsp3) is 0.0833. The Kier molecular flexibility index (Phi) is 5.31. The Bertz CT molecular complexity index is 1150. The van der Waals surface area contributed by atoms with E-state index in [4.69, 9.17) is 0 Å². The van der Waals surface area contributed by atoms with Crippen LogP contribution in [0.15, 0.2) is 101 Å². The van der Waals surface area contributed by atoms with Crippen molar-refractivity contribution >= 4 is 17.0 Å². The maximum atomic E-state index is 4.58. The van der Waals surface area contributed by atoms with Gasteiger partial charge in [-0.25, -0.2) is 0 Å². The molecule has 0 saturated heterocycles. The SMILES string of the molecule is CC(C)=N/N=c1\sc(-c2ccccc2)c(-c2ccccc2)n1-c1ccccc1. The minimum absolute atomic E-state index is 0.852. The van der Waals surface area contributed by atoms with Gasteiger partial charge in [-0.15, -0.1) is 5.10 Å². The van der Waals surface area contributed by atoms with Gasteiger partial charge in [-0.2, -0.15) is 5.10 Å². The van der Waals surface area contributed by atoms with Crippen LogP contribution >= 0.6 is 11.3 Å². The van der Waals surface area contributed by atoms with Crippen molar-refractivity contribution in [3.63, 3.8) is 0 Å². The van der Waals surface area contributed by atoms with Gasteiger partial charge >= 0.3 is 0 Å². The lowest BCUT2D eigenvalue weighted by atomic mass is 10.1. The van der Waals surface area contributed by atoms with E-state index in [9.17, 15) is 0 Å². The number of thiazole rings is 1. The van der Waals surface area contributed by atoms with Crippen molar-refractivity contribution in [3.8, 4) is 27.4 Å². The molecule has 0 aliphatic rings. The molecular weight excluding hydrogens is 362 g/mol. The van der Waals surface area contributed by atoms with E-state index in [0.717, 1.165) is 27.5 Å². The molecule has 3 nitrogen and oxygen atoms in total. The summed E-state index contributed by atoms with van der Waals surface area (Å²) >= 11 is 1.66. The summed E-state index contributed by atoms with van der Waals surface area (Å²) in [5.41, 5.74) is 5.46. The molecule has 0 amide bonds. The summed E-state index contributed by atoms with van der Waals surface area (Å²) in [5, 5.41) is 8.94. The summed E-state index contributed by atoms with van der Waals surface area (Å²) in [4.78, 5) is 2.03. The van der Waals surface area contributed by atoms with Gasteiger partial charge in [-0.1, -0.05) is 90.2 Å². The van der Waals surface area contributed by atoms with Crippen LogP contribution in [0.25, 0.3) is 27.4 Å². The topological polar surface area (TPSA) is 29.6 Å². The fourth-order valence-corrected chi connectivity index (χ4v) is 4.16. The van der Waals surface area contributed by atoms with E-state index in [-0.39, 0.29) is 0 Å². The Morgan fingerprint density at radius 1 is 0.714 bits per heavy atom. The number of hydrogen-bond donors (Lipinski definition) is 0. The Labute approximate surface area is 169 Å².